The van der Waals surface area contributed by atoms with Crippen LogP contribution in [0.5, 0.6) is 0 Å². The molecule has 1 fully saturated rings. The maximum absolute atomic E-state index is 12.4. The van der Waals surface area contributed by atoms with E-state index in [-0.39, 0.29) is 23.9 Å². The summed E-state index contributed by atoms with van der Waals surface area (Å²) in [6.45, 7) is 8.26. The van der Waals surface area contributed by atoms with Crippen molar-refractivity contribution in [2.45, 2.75) is 39.3 Å². The van der Waals surface area contributed by atoms with Crippen LogP contribution in [0.4, 0.5) is 0 Å². The molecule has 0 spiro atoms. The molecule has 3 unspecified atom stereocenters. The van der Waals surface area contributed by atoms with Gasteiger partial charge in [0, 0.05) is 6.04 Å². The normalized spacial score (nSPS) is 23.0. The van der Waals surface area contributed by atoms with Crippen molar-refractivity contribution in [3.63, 3.8) is 0 Å². The van der Waals surface area contributed by atoms with Crippen LogP contribution in [-0.2, 0) is 9.53 Å². The molecule has 0 aromatic heterocycles. The molecule has 3 atom stereocenters. The van der Waals surface area contributed by atoms with E-state index in [9.17, 15) is 4.79 Å². The Morgan fingerprint density at radius 3 is 2.71 bits per heavy atom. The lowest BCUT2D eigenvalue weighted by atomic mass is 10.0. The van der Waals surface area contributed by atoms with Gasteiger partial charge in [0.2, 0.25) is 5.91 Å². The van der Waals surface area contributed by atoms with Crippen LogP contribution in [-0.4, -0.2) is 31.7 Å². The highest BCUT2D eigenvalue weighted by atomic mass is 16.5. The summed E-state index contributed by atoms with van der Waals surface area (Å²) in [5.74, 6) is -0.0152. The Bertz CT molecular complexity index is 458. The van der Waals surface area contributed by atoms with E-state index in [4.69, 9.17) is 4.74 Å². The molecule has 4 heteroatoms. The first-order chi connectivity index (χ1) is 10.1. The van der Waals surface area contributed by atoms with E-state index >= 15 is 0 Å². The van der Waals surface area contributed by atoms with Gasteiger partial charge >= 0.3 is 0 Å². The minimum absolute atomic E-state index is 0.0190. The highest BCUT2D eigenvalue weighted by Gasteiger charge is 2.34. The SMILES string of the molecule is CCCNC1COCC1C(=O)NC(C)c1ccc(C)cc1. The molecule has 1 heterocycles. The van der Waals surface area contributed by atoms with Gasteiger partial charge in [0.1, 0.15) is 0 Å². The number of nitrogens with one attached hydrogen (secondary N) is 2. The van der Waals surface area contributed by atoms with Crippen LogP contribution >= 0.6 is 0 Å². The molecule has 4 nitrogen and oxygen atoms in total. The molecule has 1 amide bonds. The van der Waals surface area contributed by atoms with Crippen LogP contribution in [0.2, 0.25) is 0 Å². The van der Waals surface area contributed by atoms with Gasteiger partial charge in [0.15, 0.2) is 0 Å². The first-order valence-corrected chi connectivity index (χ1v) is 7.80. The molecule has 116 valence electrons. The van der Waals surface area contributed by atoms with Crippen LogP contribution in [0, 0.1) is 12.8 Å². The summed E-state index contributed by atoms with van der Waals surface area (Å²) in [5, 5.41) is 6.50. The Morgan fingerprint density at radius 1 is 1.33 bits per heavy atom. The van der Waals surface area contributed by atoms with E-state index in [1.807, 2.05) is 6.92 Å². The quantitative estimate of drug-likeness (QED) is 0.844. The first kappa shape index (κ1) is 16.0. The lowest BCUT2D eigenvalue weighted by Gasteiger charge is -2.21. The number of rotatable bonds is 6. The molecule has 1 saturated heterocycles. The number of carbonyl (C=O) groups is 1. The van der Waals surface area contributed by atoms with Gasteiger partial charge in [-0.25, -0.2) is 0 Å². The van der Waals surface area contributed by atoms with Crippen molar-refractivity contribution in [1.82, 2.24) is 10.6 Å². The summed E-state index contributed by atoms with van der Waals surface area (Å²) < 4.78 is 5.47. The second-order valence-electron chi connectivity index (χ2n) is 5.85. The predicted molar refractivity (Wildman–Crippen MR) is 84.1 cm³/mol. The van der Waals surface area contributed by atoms with E-state index in [0.717, 1.165) is 18.5 Å². The van der Waals surface area contributed by atoms with Crippen molar-refractivity contribution in [1.29, 1.82) is 0 Å². The maximum Gasteiger partial charge on any atom is 0.227 e. The molecule has 0 bridgehead atoms. The van der Waals surface area contributed by atoms with Crippen molar-refractivity contribution >= 4 is 5.91 Å². The number of amides is 1. The van der Waals surface area contributed by atoms with Crippen LogP contribution in [0.15, 0.2) is 24.3 Å². The van der Waals surface area contributed by atoms with Gasteiger partial charge in [-0.05, 0) is 32.4 Å². The van der Waals surface area contributed by atoms with Gasteiger partial charge in [0.05, 0.1) is 25.2 Å². The Hall–Kier alpha value is -1.39. The number of carbonyl (C=O) groups excluding carboxylic acids is 1. The zero-order chi connectivity index (χ0) is 15.2. The minimum atomic E-state index is -0.0931. The van der Waals surface area contributed by atoms with Gasteiger partial charge in [-0.15, -0.1) is 0 Å². The lowest BCUT2D eigenvalue weighted by Crippen LogP contribution is -2.44. The minimum Gasteiger partial charge on any atom is -0.379 e. The van der Waals surface area contributed by atoms with Gasteiger partial charge < -0.3 is 15.4 Å². The fourth-order valence-corrected chi connectivity index (χ4v) is 2.60. The van der Waals surface area contributed by atoms with Gasteiger partial charge in [-0.2, -0.15) is 0 Å². The summed E-state index contributed by atoms with van der Waals surface area (Å²) in [6.07, 6.45) is 1.06. The molecule has 21 heavy (non-hydrogen) atoms. The van der Waals surface area contributed by atoms with Gasteiger partial charge in [-0.1, -0.05) is 36.8 Å². The molecule has 1 aliphatic rings. The highest BCUT2D eigenvalue weighted by molar-refractivity contribution is 5.80. The number of benzene rings is 1. The number of aryl methyl sites for hydroxylation is 1. The first-order valence-electron chi connectivity index (χ1n) is 7.80. The molecule has 0 saturated carbocycles. The van der Waals surface area contributed by atoms with Crippen molar-refractivity contribution in [2.75, 3.05) is 19.8 Å². The Balaban J connectivity index is 1.92. The number of ether oxygens (including phenoxy) is 1. The fraction of sp³-hybridized carbons (Fsp3) is 0.588. The topological polar surface area (TPSA) is 50.4 Å². The second-order valence-corrected chi connectivity index (χ2v) is 5.85. The van der Waals surface area contributed by atoms with E-state index in [1.54, 1.807) is 0 Å². The average Bonchev–Trinajstić information content (AvgIpc) is 2.94. The molecule has 2 rings (SSSR count). The third kappa shape index (κ3) is 4.29. The maximum atomic E-state index is 12.4. The summed E-state index contributed by atoms with van der Waals surface area (Å²) >= 11 is 0. The molecule has 1 aromatic carbocycles. The average molecular weight is 290 g/mol. The fourth-order valence-electron chi connectivity index (χ4n) is 2.60. The molecule has 2 N–H and O–H groups in total. The summed E-state index contributed by atoms with van der Waals surface area (Å²) in [4.78, 5) is 12.4. The molecule has 0 radical (unpaired) electrons. The molecule has 1 aromatic rings. The second kappa shape index (κ2) is 7.57. The van der Waals surface area contributed by atoms with Crippen LogP contribution in [0.25, 0.3) is 0 Å². The zero-order valence-electron chi connectivity index (χ0n) is 13.2. The van der Waals surface area contributed by atoms with Gasteiger partial charge in [0.25, 0.3) is 0 Å². The van der Waals surface area contributed by atoms with Gasteiger partial charge in [-0.3, -0.25) is 4.79 Å². The Morgan fingerprint density at radius 2 is 2.05 bits per heavy atom. The van der Waals surface area contributed by atoms with E-state index < -0.39 is 0 Å². The zero-order valence-corrected chi connectivity index (χ0v) is 13.2. The number of hydrogen-bond donors (Lipinski definition) is 2. The van der Waals surface area contributed by atoms with Crippen LogP contribution in [0.1, 0.15) is 37.4 Å². The molecule has 0 aliphatic carbocycles. The van der Waals surface area contributed by atoms with Crippen LogP contribution < -0.4 is 10.6 Å². The van der Waals surface area contributed by atoms with E-state index in [2.05, 4.69) is 48.7 Å². The monoisotopic (exact) mass is 290 g/mol. The van der Waals surface area contributed by atoms with Crippen molar-refractivity contribution in [2.24, 2.45) is 5.92 Å². The van der Waals surface area contributed by atoms with E-state index in [0.29, 0.717) is 13.2 Å². The Kier molecular flexibility index (Phi) is 5.76. The lowest BCUT2D eigenvalue weighted by molar-refractivity contribution is -0.126. The summed E-state index contributed by atoms with van der Waals surface area (Å²) in [7, 11) is 0. The largest absolute Gasteiger partial charge is 0.379 e. The van der Waals surface area contributed by atoms with Crippen LogP contribution in [0.3, 0.4) is 0 Å². The molecule has 1 aliphatic heterocycles. The van der Waals surface area contributed by atoms with Crippen molar-refractivity contribution in [3.8, 4) is 0 Å². The standard InChI is InChI=1S/C17H26N2O2/c1-4-9-18-16-11-21-10-15(16)17(20)19-13(3)14-7-5-12(2)6-8-14/h5-8,13,15-16,18H,4,9-11H2,1-3H3,(H,19,20). The van der Waals surface area contributed by atoms with Crippen molar-refractivity contribution < 1.29 is 9.53 Å². The van der Waals surface area contributed by atoms with Crippen molar-refractivity contribution in [3.05, 3.63) is 35.4 Å². The molecular formula is C17H26N2O2. The number of hydrogen-bond acceptors (Lipinski definition) is 3. The smallest absolute Gasteiger partial charge is 0.227 e. The summed E-state index contributed by atoms with van der Waals surface area (Å²) in [5.41, 5.74) is 2.36. The predicted octanol–water partition coefficient (Wildman–Crippen LogP) is 2.19. The third-order valence-corrected chi connectivity index (χ3v) is 4.01. The Labute approximate surface area is 127 Å². The van der Waals surface area contributed by atoms with E-state index in [1.165, 1.54) is 5.56 Å². The molecular weight excluding hydrogens is 264 g/mol. The summed E-state index contributed by atoms with van der Waals surface area (Å²) in [6, 6.07) is 8.43. The highest BCUT2D eigenvalue weighted by Crippen LogP contribution is 2.18. The third-order valence-electron chi connectivity index (χ3n) is 4.01.